The molecule has 1 fully saturated rings. The lowest BCUT2D eigenvalue weighted by atomic mass is 10.3. The van der Waals surface area contributed by atoms with Crippen molar-refractivity contribution in [3.8, 4) is 0 Å². The Bertz CT molecular complexity index is 262. The van der Waals surface area contributed by atoms with E-state index in [4.69, 9.17) is 15.6 Å². The van der Waals surface area contributed by atoms with Crippen LogP contribution in [0.3, 0.4) is 0 Å². The van der Waals surface area contributed by atoms with Gasteiger partial charge in [0, 0.05) is 10.5 Å². The van der Waals surface area contributed by atoms with Crippen LogP contribution in [0.1, 0.15) is 39.5 Å². The predicted octanol–water partition coefficient (Wildman–Crippen LogP) is 4.06. The smallest absolute Gasteiger partial charge is 0.290 e. The molecule has 104 valence electrons. The van der Waals surface area contributed by atoms with Crippen molar-refractivity contribution in [1.82, 2.24) is 0 Å². The molecule has 0 aromatic heterocycles. The minimum Gasteiger partial charge on any atom is -0.483 e. The topological polar surface area (TPSA) is 63.3 Å². The van der Waals surface area contributed by atoms with Crippen molar-refractivity contribution in [1.29, 1.82) is 0 Å². The molecule has 18 heavy (non-hydrogen) atoms. The Balaban J connectivity index is 0. The summed E-state index contributed by atoms with van der Waals surface area (Å²) in [5, 5.41) is 6.89. The zero-order valence-electron chi connectivity index (χ0n) is 11.2. The molecule has 0 heterocycles. The lowest BCUT2D eigenvalue weighted by Crippen LogP contribution is -2.13. The number of nitrogens with two attached hydrogens (primary N) is 1. The van der Waals surface area contributed by atoms with Gasteiger partial charge < -0.3 is 10.8 Å². The number of rotatable bonds is 0. The fourth-order valence-corrected chi connectivity index (χ4v) is 1.68. The standard InChI is InChI=1S/C6H5Br.C5H11N.C2H6.CH2O2/c7-6-4-2-1-3-5-6;6-5-3-1-2-4-5;1-2;2-1-3/h1-5H;5H,1-4,6H2;1-2H3;1H,(H,2,3). The first kappa shape index (κ1) is 19.5. The van der Waals surface area contributed by atoms with Gasteiger partial charge in [-0.15, -0.1) is 0 Å². The maximum atomic E-state index is 8.36. The van der Waals surface area contributed by atoms with E-state index < -0.39 is 0 Å². The van der Waals surface area contributed by atoms with E-state index in [9.17, 15) is 0 Å². The summed E-state index contributed by atoms with van der Waals surface area (Å²) in [5.41, 5.74) is 5.53. The van der Waals surface area contributed by atoms with E-state index in [-0.39, 0.29) is 6.47 Å². The molecule has 1 aliphatic rings. The normalized spacial score (nSPS) is 12.9. The lowest BCUT2D eigenvalue weighted by molar-refractivity contribution is -0.122. The molecule has 0 spiro atoms. The predicted molar refractivity (Wildman–Crippen MR) is 80.6 cm³/mol. The second-order valence-electron chi connectivity index (χ2n) is 3.45. The van der Waals surface area contributed by atoms with Gasteiger partial charge in [0.1, 0.15) is 0 Å². The van der Waals surface area contributed by atoms with Crippen LogP contribution in [-0.4, -0.2) is 17.6 Å². The minimum absolute atomic E-state index is 0.250. The Hall–Kier alpha value is -0.870. The van der Waals surface area contributed by atoms with Crippen LogP contribution < -0.4 is 5.73 Å². The maximum absolute atomic E-state index is 8.36. The number of carbonyl (C=O) groups is 1. The first-order chi connectivity index (χ1) is 8.70. The van der Waals surface area contributed by atoms with Gasteiger partial charge in [-0.25, -0.2) is 0 Å². The summed E-state index contributed by atoms with van der Waals surface area (Å²) in [5.74, 6) is 0. The van der Waals surface area contributed by atoms with Gasteiger partial charge in [-0.05, 0) is 25.0 Å². The average Bonchev–Trinajstić information content (AvgIpc) is 2.86. The van der Waals surface area contributed by atoms with E-state index in [1.807, 2.05) is 44.2 Å². The van der Waals surface area contributed by atoms with E-state index in [1.165, 1.54) is 25.7 Å². The van der Waals surface area contributed by atoms with E-state index in [2.05, 4.69) is 15.9 Å². The molecule has 1 aromatic rings. The Morgan fingerprint density at radius 1 is 1.22 bits per heavy atom. The monoisotopic (exact) mass is 317 g/mol. The number of carboxylic acid groups (broad SMARTS) is 1. The first-order valence-corrected chi connectivity index (χ1v) is 7.04. The van der Waals surface area contributed by atoms with Crippen molar-refractivity contribution in [3.05, 3.63) is 34.8 Å². The van der Waals surface area contributed by atoms with Crippen LogP contribution in [0.25, 0.3) is 0 Å². The van der Waals surface area contributed by atoms with E-state index in [0.717, 1.165) is 4.47 Å². The number of hydrogen-bond acceptors (Lipinski definition) is 2. The van der Waals surface area contributed by atoms with E-state index in [1.54, 1.807) is 0 Å². The SMILES string of the molecule is Brc1ccccc1.CC.NC1CCCC1.O=CO. The number of benzene rings is 1. The highest BCUT2D eigenvalue weighted by molar-refractivity contribution is 9.10. The molecule has 0 atom stereocenters. The highest BCUT2D eigenvalue weighted by Gasteiger charge is 2.07. The molecule has 2 rings (SSSR count). The second-order valence-corrected chi connectivity index (χ2v) is 4.36. The molecular weight excluding hydrogens is 294 g/mol. The zero-order valence-corrected chi connectivity index (χ0v) is 12.8. The zero-order chi connectivity index (χ0) is 14.2. The minimum atomic E-state index is -0.250. The van der Waals surface area contributed by atoms with Gasteiger partial charge in [-0.3, -0.25) is 4.79 Å². The third-order valence-corrected chi connectivity index (χ3v) is 2.66. The fraction of sp³-hybridized carbons (Fsp3) is 0.500. The summed E-state index contributed by atoms with van der Waals surface area (Å²) in [7, 11) is 0. The molecule has 1 aliphatic carbocycles. The van der Waals surface area contributed by atoms with Crippen molar-refractivity contribution >= 4 is 22.4 Å². The van der Waals surface area contributed by atoms with Crippen LogP contribution in [-0.2, 0) is 4.79 Å². The van der Waals surface area contributed by atoms with Gasteiger partial charge in [0.05, 0.1) is 0 Å². The summed E-state index contributed by atoms with van der Waals surface area (Å²) in [4.78, 5) is 8.36. The van der Waals surface area contributed by atoms with Gasteiger partial charge in [0.15, 0.2) is 0 Å². The Kier molecular flexibility index (Phi) is 17.4. The molecule has 0 unspecified atom stereocenters. The average molecular weight is 318 g/mol. The summed E-state index contributed by atoms with van der Waals surface area (Å²) in [6.07, 6.45) is 5.25. The Morgan fingerprint density at radius 2 is 1.61 bits per heavy atom. The highest BCUT2D eigenvalue weighted by Crippen LogP contribution is 2.14. The van der Waals surface area contributed by atoms with Crippen LogP contribution in [0.4, 0.5) is 0 Å². The molecule has 0 amide bonds. The van der Waals surface area contributed by atoms with Crippen molar-refractivity contribution < 1.29 is 9.90 Å². The van der Waals surface area contributed by atoms with Gasteiger partial charge in [0.25, 0.3) is 6.47 Å². The molecule has 1 aromatic carbocycles. The Morgan fingerprint density at radius 3 is 1.78 bits per heavy atom. The largest absolute Gasteiger partial charge is 0.483 e. The quantitative estimate of drug-likeness (QED) is 0.709. The lowest BCUT2D eigenvalue weighted by Gasteiger charge is -1.92. The molecule has 3 N–H and O–H groups in total. The summed E-state index contributed by atoms with van der Waals surface area (Å²) in [6.45, 7) is 3.75. The summed E-state index contributed by atoms with van der Waals surface area (Å²) >= 11 is 3.31. The van der Waals surface area contributed by atoms with E-state index in [0.29, 0.717) is 6.04 Å². The van der Waals surface area contributed by atoms with Gasteiger partial charge >= 0.3 is 0 Å². The van der Waals surface area contributed by atoms with E-state index >= 15 is 0 Å². The van der Waals surface area contributed by atoms with Crippen molar-refractivity contribution in [2.24, 2.45) is 5.73 Å². The third kappa shape index (κ3) is 15.1. The van der Waals surface area contributed by atoms with Crippen molar-refractivity contribution in [3.63, 3.8) is 0 Å². The van der Waals surface area contributed by atoms with Crippen LogP contribution in [0.5, 0.6) is 0 Å². The van der Waals surface area contributed by atoms with Crippen molar-refractivity contribution in [2.45, 2.75) is 45.6 Å². The summed E-state index contributed by atoms with van der Waals surface area (Å²) in [6, 6.07) is 10.5. The van der Waals surface area contributed by atoms with Crippen LogP contribution >= 0.6 is 15.9 Å². The number of halogens is 1. The van der Waals surface area contributed by atoms with Crippen LogP contribution in [0, 0.1) is 0 Å². The molecular formula is C14H24BrNO2. The molecule has 0 aliphatic heterocycles. The van der Waals surface area contributed by atoms with Gasteiger partial charge in [0.2, 0.25) is 0 Å². The fourth-order valence-electron chi connectivity index (χ4n) is 1.37. The molecule has 3 nitrogen and oxygen atoms in total. The van der Waals surface area contributed by atoms with Gasteiger partial charge in [-0.1, -0.05) is 60.8 Å². The molecule has 0 bridgehead atoms. The highest BCUT2D eigenvalue weighted by atomic mass is 79.9. The summed E-state index contributed by atoms with van der Waals surface area (Å²) < 4.78 is 1.13. The molecule has 0 saturated heterocycles. The maximum Gasteiger partial charge on any atom is 0.290 e. The molecule has 1 saturated carbocycles. The Labute approximate surface area is 119 Å². The third-order valence-electron chi connectivity index (χ3n) is 2.13. The second kappa shape index (κ2) is 16.1. The van der Waals surface area contributed by atoms with Gasteiger partial charge in [-0.2, -0.15) is 0 Å². The number of hydrogen-bond donors (Lipinski definition) is 2. The van der Waals surface area contributed by atoms with Crippen molar-refractivity contribution in [2.75, 3.05) is 0 Å². The first-order valence-electron chi connectivity index (χ1n) is 6.24. The molecule has 4 heteroatoms. The molecule has 0 radical (unpaired) electrons. The van der Waals surface area contributed by atoms with Crippen LogP contribution in [0.15, 0.2) is 34.8 Å². The van der Waals surface area contributed by atoms with Crippen LogP contribution in [0.2, 0.25) is 0 Å².